The summed E-state index contributed by atoms with van der Waals surface area (Å²) < 4.78 is 6.95. The zero-order valence-corrected chi connectivity index (χ0v) is 14.5. The highest BCUT2D eigenvalue weighted by Crippen LogP contribution is 2.24. The molecule has 0 bridgehead atoms. The Labute approximate surface area is 147 Å². The Morgan fingerprint density at radius 3 is 2.52 bits per heavy atom. The van der Waals surface area contributed by atoms with Crippen molar-refractivity contribution < 1.29 is 4.42 Å². The van der Waals surface area contributed by atoms with Gasteiger partial charge < -0.3 is 9.32 Å². The topological polar surface area (TPSA) is 50.3 Å². The van der Waals surface area contributed by atoms with Crippen LogP contribution in [0.25, 0.3) is 5.69 Å². The molecule has 0 atom stereocenters. The molecular formula is C19H23N5O. The molecule has 1 aliphatic rings. The van der Waals surface area contributed by atoms with Crippen molar-refractivity contribution in [3.63, 3.8) is 0 Å². The molecule has 0 aliphatic carbocycles. The van der Waals surface area contributed by atoms with Gasteiger partial charge in [0.25, 0.3) is 0 Å². The molecule has 4 rings (SSSR count). The van der Waals surface area contributed by atoms with Crippen LogP contribution in [0, 0.1) is 0 Å². The van der Waals surface area contributed by atoms with Gasteiger partial charge in [0, 0.05) is 36.9 Å². The van der Waals surface area contributed by atoms with E-state index in [2.05, 4.69) is 51.2 Å². The summed E-state index contributed by atoms with van der Waals surface area (Å²) in [5.74, 6) is 0. The molecule has 0 unspecified atom stereocenters. The molecular weight excluding hydrogens is 314 g/mol. The van der Waals surface area contributed by atoms with E-state index in [1.165, 1.54) is 24.1 Å². The Morgan fingerprint density at radius 2 is 1.88 bits per heavy atom. The van der Waals surface area contributed by atoms with Crippen LogP contribution in [0.1, 0.15) is 18.4 Å². The Hall–Kier alpha value is -2.60. The fraction of sp³-hybridized carbons (Fsp3) is 0.368. The number of nitrogens with zero attached hydrogens (tertiary/aromatic N) is 5. The van der Waals surface area contributed by atoms with Crippen LogP contribution in [0.3, 0.4) is 0 Å². The first-order valence-corrected chi connectivity index (χ1v) is 8.71. The average Bonchev–Trinajstić information content (AvgIpc) is 3.36. The number of hydrogen-bond acceptors (Lipinski definition) is 5. The molecule has 0 saturated carbocycles. The second-order valence-corrected chi connectivity index (χ2v) is 6.62. The van der Waals surface area contributed by atoms with Crippen molar-refractivity contribution in [1.82, 2.24) is 19.7 Å². The Morgan fingerprint density at radius 1 is 1.12 bits per heavy atom. The quantitative estimate of drug-likeness (QED) is 0.716. The number of piperidine rings is 1. The van der Waals surface area contributed by atoms with Gasteiger partial charge in [0.05, 0.1) is 18.2 Å². The van der Waals surface area contributed by atoms with Gasteiger partial charge in [-0.1, -0.05) is 0 Å². The molecule has 3 aromatic rings. The van der Waals surface area contributed by atoms with E-state index in [-0.39, 0.29) is 0 Å². The number of furan rings is 1. The van der Waals surface area contributed by atoms with Crippen LogP contribution in [0.2, 0.25) is 0 Å². The van der Waals surface area contributed by atoms with E-state index in [9.17, 15) is 0 Å². The van der Waals surface area contributed by atoms with Crippen molar-refractivity contribution in [2.75, 3.05) is 25.0 Å². The minimum Gasteiger partial charge on any atom is -0.472 e. The number of rotatable bonds is 5. The van der Waals surface area contributed by atoms with Gasteiger partial charge in [-0.05, 0) is 50.2 Å². The normalized spacial score (nSPS) is 15.8. The predicted octanol–water partition coefficient (Wildman–Crippen LogP) is 2.96. The molecule has 1 aromatic carbocycles. The lowest BCUT2D eigenvalue weighted by Gasteiger charge is -2.37. The van der Waals surface area contributed by atoms with Crippen LogP contribution in [0.4, 0.5) is 5.69 Å². The van der Waals surface area contributed by atoms with Crippen molar-refractivity contribution in [3.8, 4) is 5.69 Å². The van der Waals surface area contributed by atoms with Gasteiger partial charge in [-0.3, -0.25) is 4.90 Å². The molecule has 1 aliphatic heterocycles. The lowest BCUT2D eigenvalue weighted by Crippen LogP contribution is -2.43. The molecule has 0 spiro atoms. The summed E-state index contributed by atoms with van der Waals surface area (Å²) in [7, 11) is 2.21. The average molecular weight is 337 g/mol. The fourth-order valence-electron chi connectivity index (χ4n) is 3.52. The van der Waals surface area contributed by atoms with Crippen LogP contribution >= 0.6 is 0 Å². The third-order valence-electron chi connectivity index (χ3n) is 5.00. The maximum atomic E-state index is 5.17. The molecule has 2 aromatic heterocycles. The number of aromatic nitrogens is 3. The second kappa shape index (κ2) is 7.11. The minimum atomic E-state index is 0.626. The minimum absolute atomic E-state index is 0.626. The summed E-state index contributed by atoms with van der Waals surface area (Å²) >= 11 is 0. The van der Waals surface area contributed by atoms with E-state index in [1.807, 2.05) is 12.3 Å². The highest BCUT2D eigenvalue weighted by molar-refractivity contribution is 5.51. The van der Waals surface area contributed by atoms with Gasteiger partial charge in [0.1, 0.15) is 12.7 Å². The fourth-order valence-corrected chi connectivity index (χ4v) is 3.52. The van der Waals surface area contributed by atoms with Gasteiger partial charge in [0.2, 0.25) is 0 Å². The first-order valence-electron chi connectivity index (χ1n) is 8.71. The Bertz CT molecular complexity index is 759. The van der Waals surface area contributed by atoms with Gasteiger partial charge >= 0.3 is 0 Å². The van der Waals surface area contributed by atoms with Crippen molar-refractivity contribution in [1.29, 1.82) is 0 Å². The number of hydrogen-bond donors (Lipinski definition) is 0. The smallest absolute Gasteiger partial charge is 0.138 e. The lowest BCUT2D eigenvalue weighted by molar-refractivity contribution is 0.200. The zero-order chi connectivity index (χ0) is 17.1. The van der Waals surface area contributed by atoms with Crippen molar-refractivity contribution in [3.05, 3.63) is 61.1 Å². The van der Waals surface area contributed by atoms with Crippen molar-refractivity contribution >= 4 is 5.69 Å². The standard InChI is InChI=1S/C19H23N5O/c1-22(12-16-8-11-25-13-16)17-6-9-23(10-7-17)18-2-4-19(5-3-18)24-15-20-14-21-24/h2-5,8,11,13-15,17H,6-7,9-10,12H2,1H3. The first-order chi connectivity index (χ1) is 12.3. The summed E-state index contributed by atoms with van der Waals surface area (Å²) in [6.45, 7) is 3.12. The highest BCUT2D eigenvalue weighted by Gasteiger charge is 2.22. The summed E-state index contributed by atoms with van der Waals surface area (Å²) in [4.78, 5) is 8.90. The molecule has 3 heterocycles. The maximum Gasteiger partial charge on any atom is 0.138 e. The SMILES string of the molecule is CN(Cc1ccoc1)C1CCN(c2ccc(-n3cncn3)cc2)CC1. The summed E-state index contributed by atoms with van der Waals surface area (Å²) in [5, 5.41) is 4.17. The van der Waals surface area contributed by atoms with Crippen LogP contribution in [-0.4, -0.2) is 45.8 Å². The molecule has 0 amide bonds. The second-order valence-electron chi connectivity index (χ2n) is 6.62. The summed E-state index contributed by atoms with van der Waals surface area (Å²) in [6.07, 6.45) is 9.21. The Balaban J connectivity index is 1.34. The summed E-state index contributed by atoms with van der Waals surface area (Å²) in [5.41, 5.74) is 3.56. The zero-order valence-electron chi connectivity index (χ0n) is 14.5. The van der Waals surface area contributed by atoms with Gasteiger partial charge in [0.15, 0.2) is 0 Å². The largest absolute Gasteiger partial charge is 0.472 e. The Kier molecular flexibility index (Phi) is 4.52. The molecule has 6 heteroatoms. The first kappa shape index (κ1) is 15.9. The van der Waals surface area contributed by atoms with E-state index >= 15 is 0 Å². The van der Waals surface area contributed by atoms with Crippen LogP contribution in [0.5, 0.6) is 0 Å². The van der Waals surface area contributed by atoms with E-state index in [4.69, 9.17) is 4.42 Å². The maximum absolute atomic E-state index is 5.17. The predicted molar refractivity (Wildman–Crippen MR) is 96.8 cm³/mol. The van der Waals surface area contributed by atoms with Gasteiger partial charge in [-0.25, -0.2) is 9.67 Å². The van der Waals surface area contributed by atoms with E-state index < -0.39 is 0 Å². The van der Waals surface area contributed by atoms with Crippen LogP contribution in [-0.2, 0) is 6.54 Å². The van der Waals surface area contributed by atoms with E-state index in [1.54, 1.807) is 23.6 Å². The van der Waals surface area contributed by atoms with E-state index in [0.29, 0.717) is 6.04 Å². The molecule has 6 nitrogen and oxygen atoms in total. The highest BCUT2D eigenvalue weighted by atomic mass is 16.3. The summed E-state index contributed by atoms with van der Waals surface area (Å²) in [6, 6.07) is 11.2. The van der Waals surface area contributed by atoms with Crippen LogP contribution < -0.4 is 4.90 Å². The van der Waals surface area contributed by atoms with Crippen LogP contribution in [0.15, 0.2) is 59.9 Å². The third-order valence-corrected chi connectivity index (χ3v) is 5.00. The molecule has 0 radical (unpaired) electrons. The molecule has 25 heavy (non-hydrogen) atoms. The number of anilines is 1. The van der Waals surface area contributed by atoms with Crippen molar-refractivity contribution in [2.24, 2.45) is 0 Å². The lowest BCUT2D eigenvalue weighted by atomic mass is 10.0. The van der Waals surface area contributed by atoms with Gasteiger partial charge in [-0.15, -0.1) is 0 Å². The molecule has 130 valence electrons. The van der Waals surface area contributed by atoms with Gasteiger partial charge in [-0.2, -0.15) is 5.10 Å². The molecule has 0 N–H and O–H groups in total. The third kappa shape index (κ3) is 3.58. The molecule has 1 fully saturated rings. The molecule has 1 saturated heterocycles. The van der Waals surface area contributed by atoms with Crippen molar-refractivity contribution in [2.45, 2.75) is 25.4 Å². The van der Waals surface area contributed by atoms with E-state index in [0.717, 1.165) is 25.3 Å². The monoisotopic (exact) mass is 337 g/mol. The number of benzene rings is 1.